The van der Waals surface area contributed by atoms with E-state index in [1.165, 1.54) is 24.3 Å². The molecule has 0 saturated carbocycles. The molecule has 1 aliphatic rings. The van der Waals surface area contributed by atoms with Gasteiger partial charge in [-0.1, -0.05) is 0 Å². The average molecular weight is 274 g/mol. The van der Waals surface area contributed by atoms with Gasteiger partial charge in [-0.05, 0) is 24.3 Å². The van der Waals surface area contributed by atoms with Crippen molar-refractivity contribution in [3.05, 3.63) is 30.1 Å². The summed E-state index contributed by atoms with van der Waals surface area (Å²) in [7, 11) is 0. The summed E-state index contributed by atoms with van der Waals surface area (Å²) in [5.74, 6) is -0.216. The smallest absolute Gasteiger partial charge is 0.229 e. The van der Waals surface area contributed by atoms with Crippen molar-refractivity contribution < 1.29 is 34.3 Å². The van der Waals surface area contributed by atoms with E-state index in [1.807, 2.05) is 0 Å². The van der Waals surface area contributed by atoms with E-state index in [9.17, 15) is 19.7 Å². The minimum absolute atomic E-state index is 0.228. The van der Waals surface area contributed by atoms with Crippen LogP contribution in [0, 0.1) is 5.82 Å². The van der Waals surface area contributed by atoms with Gasteiger partial charge in [0.25, 0.3) is 0 Å². The Balaban J connectivity index is 2.08. The van der Waals surface area contributed by atoms with Gasteiger partial charge in [0.2, 0.25) is 6.29 Å². The summed E-state index contributed by atoms with van der Waals surface area (Å²) in [6.45, 7) is -0.534. The number of halogens is 1. The second-order valence-corrected chi connectivity index (χ2v) is 4.27. The number of rotatable bonds is 3. The highest BCUT2D eigenvalue weighted by atomic mass is 19.1. The molecule has 1 aliphatic heterocycles. The summed E-state index contributed by atoms with van der Waals surface area (Å²) in [5, 5.41) is 37.9. The Morgan fingerprint density at radius 1 is 1.05 bits per heavy atom. The van der Waals surface area contributed by atoms with Crippen LogP contribution in [-0.4, -0.2) is 57.7 Å². The highest BCUT2D eigenvalue weighted by Crippen LogP contribution is 2.24. The van der Waals surface area contributed by atoms with Crippen LogP contribution in [0.4, 0.5) is 4.39 Å². The largest absolute Gasteiger partial charge is 0.462 e. The zero-order chi connectivity index (χ0) is 14.0. The Morgan fingerprint density at radius 2 is 1.68 bits per heavy atom. The van der Waals surface area contributed by atoms with E-state index in [0.29, 0.717) is 0 Å². The fourth-order valence-corrected chi connectivity index (χ4v) is 1.81. The lowest BCUT2D eigenvalue weighted by molar-refractivity contribution is -0.277. The van der Waals surface area contributed by atoms with Gasteiger partial charge in [-0.15, -0.1) is 0 Å². The van der Waals surface area contributed by atoms with E-state index in [-0.39, 0.29) is 5.75 Å². The van der Waals surface area contributed by atoms with Gasteiger partial charge in [0.05, 0.1) is 6.61 Å². The zero-order valence-corrected chi connectivity index (χ0v) is 9.89. The fourth-order valence-electron chi connectivity index (χ4n) is 1.81. The van der Waals surface area contributed by atoms with Crippen molar-refractivity contribution in [3.8, 4) is 5.75 Å². The summed E-state index contributed by atoms with van der Waals surface area (Å²) in [6.07, 6.45) is -6.72. The zero-order valence-electron chi connectivity index (χ0n) is 9.89. The van der Waals surface area contributed by atoms with Crippen LogP contribution in [0.2, 0.25) is 0 Å². The van der Waals surface area contributed by atoms with Crippen molar-refractivity contribution in [3.63, 3.8) is 0 Å². The Labute approximate surface area is 108 Å². The number of ether oxygens (including phenoxy) is 2. The lowest BCUT2D eigenvalue weighted by Gasteiger charge is -2.39. The molecule has 1 saturated heterocycles. The molecule has 0 spiro atoms. The Bertz CT molecular complexity index is 409. The van der Waals surface area contributed by atoms with Crippen molar-refractivity contribution >= 4 is 0 Å². The summed E-state index contributed by atoms with van der Waals surface area (Å²) >= 11 is 0. The molecule has 1 fully saturated rings. The van der Waals surface area contributed by atoms with Gasteiger partial charge in [-0.3, -0.25) is 0 Å². The monoisotopic (exact) mass is 274 g/mol. The van der Waals surface area contributed by atoms with E-state index in [1.54, 1.807) is 0 Å². The Morgan fingerprint density at radius 3 is 2.26 bits per heavy atom. The van der Waals surface area contributed by atoms with Crippen LogP contribution in [0.1, 0.15) is 0 Å². The molecule has 1 heterocycles. The molecule has 7 heteroatoms. The third kappa shape index (κ3) is 3.02. The van der Waals surface area contributed by atoms with Gasteiger partial charge in [0.1, 0.15) is 36.0 Å². The molecule has 1 aromatic carbocycles. The van der Waals surface area contributed by atoms with E-state index >= 15 is 0 Å². The maximum atomic E-state index is 12.7. The van der Waals surface area contributed by atoms with Crippen molar-refractivity contribution in [1.29, 1.82) is 0 Å². The topological polar surface area (TPSA) is 99.4 Å². The molecule has 19 heavy (non-hydrogen) atoms. The highest BCUT2D eigenvalue weighted by molar-refractivity contribution is 5.22. The molecular formula is C12H15FO6. The normalized spacial score (nSPS) is 35.1. The highest BCUT2D eigenvalue weighted by Gasteiger charge is 2.44. The first kappa shape index (κ1) is 14.2. The SMILES string of the molecule is OC[C@H]1OC(Oc2ccc(F)cc2)[C@@H](O)[C@H](O)[C@@H]1O. The molecule has 1 aromatic rings. The second-order valence-electron chi connectivity index (χ2n) is 4.27. The summed E-state index contributed by atoms with van der Waals surface area (Å²) in [4.78, 5) is 0. The van der Waals surface area contributed by atoms with Crippen LogP contribution < -0.4 is 4.74 Å². The van der Waals surface area contributed by atoms with Crippen molar-refractivity contribution in [2.24, 2.45) is 0 Å². The number of hydrogen-bond acceptors (Lipinski definition) is 6. The molecule has 6 nitrogen and oxygen atoms in total. The molecule has 0 radical (unpaired) electrons. The maximum absolute atomic E-state index is 12.7. The van der Waals surface area contributed by atoms with E-state index in [4.69, 9.17) is 14.6 Å². The van der Waals surface area contributed by atoms with E-state index < -0.39 is 43.1 Å². The minimum atomic E-state index is -1.50. The Kier molecular flexibility index (Phi) is 4.33. The molecule has 0 bridgehead atoms. The van der Waals surface area contributed by atoms with Crippen LogP contribution in [0.5, 0.6) is 5.75 Å². The molecule has 106 valence electrons. The van der Waals surface area contributed by atoms with Crippen LogP contribution in [-0.2, 0) is 4.74 Å². The van der Waals surface area contributed by atoms with Gasteiger partial charge in [-0.25, -0.2) is 4.39 Å². The summed E-state index contributed by atoms with van der Waals surface area (Å²) in [6, 6.07) is 4.99. The van der Waals surface area contributed by atoms with Crippen molar-refractivity contribution in [2.45, 2.75) is 30.7 Å². The van der Waals surface area contributed by atoms with Crippen LogP contribution in [0.15, 0.2) is 24.3 Å². The standard InChI is InChI=1S/C12H15FO6/c13-6-1-3-7(4-2-6)18-12-11(17)10(16)9(15)8(5-14)19-12/h1-4,8-12,14-17H,5H2/t8-,9-,10-,11+,12?/m1/s1. The predicted molar refractivity (Wildman–Crippen MR) is 60.8 cm³/mol. The Hall–Kier alpha value is -1.25. The van der Waals surface area contributed by atoms with Crippen LogP contribution in [0.25, 0.3) is 0 Å². The lowest BCUT2D eigenvalue weighted by Crippen LogP contribution is -2.60. The van der Waals surface area contributed by atoms with Crippen molar-refractivity contribution in [1.82, 2.24) is 0 Å². The molecule has 4 N–H and O–H groups in total. The predicted octanol–water partition coefficient (Wildman–Crippen LogP) is -0.996. The number of hydrogen-bond donors (Lipinski definition) is 4. The van der Waals surface area contributed by atoms with Crippen LogP contribution >= 0.6 is 0 Å². The molecule has 0 aromatic heterocycles. The summed E-state index contributed by atoms with van der Waals surface area (Å²) in [5.41, 5.74) is 0. The minimum Gasteiger partial charge on any atom is -0.462 e. The fraction of sp³-hybridized carbons (Fsp3) is 0.500. The molecule has 0 aliphatic carbocycles. The first-order valence-electron chi connectivity index (χ1n) is 5.75. The van der Waals surface area contributed by atoms with Crippen LogP contribution in [0.3, 0.4) is 0 Å². The van der Waals surface area contributed by atoms with Crippen molar-refractivity contribution in [2.75, 3.05) is 6.61 Å². The number of benzene rings is 1. The van der Waals surface area contributed by atoms with E-state index in [0.717, 1.165) is 0 Å². The van der Waals surface area contributed by atoms with E-state index in [2.05, 4.69) is 0 Å². The quantitative estimate of drug-likeness (QED) is 0.564. The molecule has 0 amide bonds. The molecule has 1 unspecified atom stereocenters. The van der Waals surface area contributed by atoms with Gasteiger partial charge < -0.3 is 29.9 Å². The van der Waals surface area contributed by atoms with Gasteiger partial charge in [0.15, 0.2) is 0 Å². The third-order valence-electron chi connectivity index (χ3n) is 2.91. The van der Waals surface area contributed by atoms with Gasteiger partial charge in [0, 0.05) is 0 Å². The molecule has 5 atom stereocenters. The first-order valence-corrected chi connectivity index (χ1v) is 5.75. The van der Waals surface area contributed by atoms with Gasteiger partial charge in [-0.2, -0.15) is 0 Å². The summed E-state index contributed by atoms with van der Waals surface area (Å²) < 4.78 is 23.1. The average Bonchev–Trinajstić information content (AvgIpc) is 2.42. The molecule has 2 rings (SSSR count). The third-order valence-corrected chi connectivity index (χ3v) is 2.91. The maximum Gasteiger partial charge on any atom is 0.229 e. The second kappa shape index (κ2) is 5.81. The number of aliphatic hydroxyl groups is 4. The van der Waals surface area contributed by atoms with Gasteiger partial charge >= 0.3 is 0 Å². The molecular weight excluding hydrogens is 259 g/mol. The number of aliphatic hydroxyl groups excluding tert-OH is 4. The lowest BCUT2D eigenvalue weighted by atomic mass is 9.99. The first-order chi connectivity index (χ1) is 9.02.